The van der Waals surface area contributed by atoms with Gasteiger partial charge in [0, 0.05) is 5.69 Å². The minimum Gasteiger partial charge on any atom is -0.462 e. The summed E-state index contributed by atoms with van der Waals surface area (Å²) < 4.78 is 3.03. The molecule has 0 aliphatic carbocycles. The second-order valence-corrected chi connectivity index (χ2v) is 7.62. The number of rotatable bonds is 6. The summed E-state index contributed by atoms with van der Waals surface area (Å²) in [4.78, 5) is 23.0. The van der Waals surface area contributed by atoms with Crippen LogP contribution in [0.15, 0.2) is 24.3 Å². The number of carbonyl (C=O) groups is 2. The topological polar surface area (TPSA) is 79.5 Å². The van der Waals surface area contributed by atoms with Gasteiger partial charge in [-0.05, 0) is 43.4 Å². The minimum absolute atomic E-state index is 0.0927. The number of nitrogens with one attached hydrogen (secondary N) is 3. The first-order valence-corrected chi connectivity index (χ1v) is 9.01. The average Bonchev–Trinajstić information content (AvgIpc) is 2.54. The van der Waals surface area contributed by atoms with Crippen LogP contribution in [0.1, 0.15) is 17.3 Å². The SMILES string of the molecule is CCOC(=O)c1ccc(NC(=S)NC(NC(=O)CCl)C(Cl)(Cl)Cl)cc1. The molecule has 6 nitrogen and oxygen atoms in total. The standard InChI is InChI=1S/C14H15Cl4N3O3S/c1-2-24-11(23)8-3-5-9(6-4-8)19-13(25)21-12(14(16,17)18)20-10(22)7-15/h3-6,12H,2,7H2,1H3,(H,20,22)(H2,19,21,25). The van der Waals surface area contributed by atoms with E-state index in [9.17, 15) is 9.59 Å². The maximum absolute atomic E-state index is 11.6. The molecule has 1 rings (SSSR count). The molecule has 0 aliphatic rings. The molecule has 11 heteroatoms. The first kappa shape index (κ1) is 22.1. The normalized spacial score (nSPS) is 12.0. The van der Waals surface area contributed by atoms with Gasteiger partial charge in [-0.2, -0.15) is 0 Å². The molecule has 1 aromatic rings. The summed E-state index contributed by atoms with van der Waals surface area (Å²) in [6.07, 6.45) is -1.09. The molecule has 1 amide bonds. The van der Waals surface area contributed by atoms with Crippen LogP contribution in [0.4, 0.5) is 5.69 Å². The molecule has 1 aromatic carbocycles. The number of anilines is 1. The van der Waals surface area contributed by atoms with Crippen molar-refractivity contribution >= 4 is 81.3 Å². The van der Waals surface area contributed by atoms with E-state index >= 15 is 0 Å². The molecule has 1 unspecified atom stereocenters. The van der Waals surface area contributed by atoms with Gasteiger partial charge in [0.2, 0.25) is 9.70 Å². The monoisotopic (exact) mass is 445 g/mol. The average molecular weight is 447 g/mol. The fourth-order valence-corrected chi connectivity index (χ4v) is 2.24. The highest BCUT2D eigenvalue weighted by molar-refractivity contribution is 7.80. The van der Waals surface area contributed by atoms with Gasteiger partial charge in [-0.15, -0.1) is 11.6 Å². The Morgan fingerprint density at radius 3 is 2.28 bits per heavy atom. The van der Waals surface area contributed by atoms with E-state index in [0.29, 0.717) is 17.9 Å². The third-order valence-corrected chi connectivity index (χ3v) is 3.80. The summed E-state index contributed by atoms with van der Waals surface area (Å²) in [7, 11) is 0. The Bertz CT molecular complexity index is 623. The van der Waals surface area contributed by atoms with Gasteiger partial charge in [-0.3, -0.25) is 4.79 Å². The number of esters is 1. The zero-order valence-electron chi connectivity index (χ0n) is 12.9. The van der Waals surface area contributed by atoms with Gasteiger partial charge in [0.25, 0.3) is 0 Å². The van der Waals surface area contributed by atoms with E-state index in [1.54, 1.807) is 31.2 Å². The molecule has 0 saturated carbocycles. The van der Waals surface area contributed by atoms with Gasteiger partial charge in [-0.1, -0.05) is 34.8 Å². The molecular formula is C14H15Cl4N3O3S. The Morgan fingerprint density at radius 1 is 1.20 bits per heavy atom. The second kappa shape index (κ2) is 10.2. The maximum atomic E-state index is 11.6. The van der Waals surface area contributed by atoms with Crippen molar-refractivity contribution in [2.45, 2.75) is 16.9 Å². The molecule has 1 atom stereocenters. The summed E-state index contributed by atoms with van der Waals surface area (Å²) in [5.74, 6) is -1.25. The van der Waals surface area contributed by atoms with Gasteiger partial charge < -0.3 is 20.7 Å². The fraction of sp³-hybridized carbons (Fsp3) is 0.357. The maximum Gasteiger partial charge on any atom is 0.338 e. The molecule has 0 bridgehead atoms. The second-order valence-electron chi connectivity index (χ2n) is 4.57. The number of benzene rings is 1. The predicted molar refractivity (Wildman–Crippen MR) is 105 cm³/mol. The Hall–Kier alpha value is -0.990. The lowest BCUT2D eigenvalue weighted by Gasteiger charge is -2.27. The predicted octanol–water partition coefficient (Wildman–Crippen LogP) is 3.20. The molecule has 0 aromatic heterocycles. The van der Waals surface area contributed by atoms with Crippen LogP contribution < -0.4 is 16.0 Å². The molecule has 0 spiro atoms. The highest BCUT2D eigenvalue weighted by Gasteiger charge is 2.34. The van der Waals surface area contributed by atoms with E-state index in [0.717, 1.165) is 0 Å². The number of halogens is 4. The van der Waals surface area contributed by atoms with Gasteiger partial charge in [0.15, 0.2) is 5.11 Å². The van der Waals surface area contributed by atoms with E-state index in [1.165, 1.54) is 0 Å². The van der Waals surface area contributed by atoms with Crippen molar-refractivity contribution in [3.05, 3.63) is 29.8 Å². The number of hydrogen-bond acceptors (Lipinski definition) is 4. The van der Waals surface area contributed by atoms with Gasteiger partial charge in [-0.25, -0.2) is 4.79 Å². The van der Waals surface area contributed by atoms with Gasteiger partial charge in [0.1, 0.15) is 12.0 Å². The van der Waals surface area contributed by atoms with E-state index < -0.39 is 21.8 Å². The smallest absolute Gasteiger partial charge is 0.338 e. The summed E-state index contributed by atoms with van der Waals surface area (Å²) in [5.41, 5.74) is 0.983. The van der Waals surface area contributed by atoms with Crippen molar-refractivity contribution < 1.29 is 14.3 Å². The molecule has 0 heterocycles. The van der Waals surface area contributed by atoms with Crippen molar-refractivity contribution in [1.82, 2.24) is 10.6 Å². The highest BCUT2D eigenvalue weighted by Crippen LogP contribution is 2.29. The zero-order valence-corrected chi connectivity index (χ0v) is 16.8. The van der Waals surface area contributed by atoms with E-state index in [-0.39, 0.29) is 11.0 Å². The number of carbonyl (C=O) groups excluding carboxylic acids is 2. The first-order valence-electron chi connectivity index (χ1n) is 6.94. The van der Waals surface area contributed by atoms with Crippen LogP contribution in [0.5, 0.6) is 0 Å². The molecule has 0 fully saturated rings. The molecule has 25 heavy (non-hydrogen) atoms. The molecule has 138 valence electrons. The zero-order chi connectivity index (χ0) is 19.0. The van der Waals surface area contributed by atoms with Crippen molar-refractivity contribution in [1.29, 1.82) is 0 Å². The quantitative estimate of drug-likeness (QED) is 0.269. The minimum atomic E-state index is -1.86. The summed E-state index contributed by atoms with van der Waals surface area (Å²) in [5, 5.41) is 8.00. The number of alkyl halides is 4. The summed E-state index contributed by atoms with van der Waals surface area (Å²) >= 11 is 28.0. The lowest BCUT2D eigenvalue weighted by atomic mass is 10.2. The van der Waals surface area contributed by atoms with Gasteiger partial charge >= 0.3 is 5.97 Å². The van der Waals surface area contributed by atoms with Crippen LogP contribution >= 0.6 is 58.6 Å². The molecular weight excluding hydrogens is 432 g/mol. The third-order valence-electron chi connectivity index (χ3n) is 2.68. The highest BCUT2D eigenvalue weighted by atomic mass is 35.6. The van der Waals surface area contributed by atoms with Crippen LogP contribution in [0, 0.1) is 0 Å². The van der Waals surface area contributed by atoms with E-state index in [4.69, 9.17) is 63.4 Å². The Morgan fingerprint density at radius 2 is 1.80 bits per heavy atom. The number of hydrogen-bond donors (Lipinski definition) is 3. The van der Waals surface area contributed by atoms with Crippen LogP contribution in [-0.4, -0.2) is 39.4 Å². The van der Waals surface area contributed by atoms with Crippen molar-refractivity contribution in [3.8, 4) is 0 Å². The van der Waals surface area contributed by atoms with Crippen LogP contribution in [0.25, 0.3) is 0 Å². The fourth-order valence-electron chi connectivity index (χ4n) is 1.60. The van der Waals surface area contributed by atoms with Gasteiger partial charge in [0.05, 0.1) is 12.2 Å². The van der Waals surface area contributed by atoms with Crippen LogP contribution in [0.2, 0.25) is 0 Å². The van der Waals surface area contributed by atoms with Crippen LogP contribution in [-0.2, 0) is 9.53 Å². The largest absolute Gasteiger partial charge is 0.462 e. The van der Waals surface area contributed by atoms with Crippen molar-refractivity contribution in [2.24, 2.45) is 0 Å². The lowest BCUT2D eigenvalue weighted by molar-refractivity contribution is -0.119. The van der Waals surface area contributed by atoms with E-state index in [2.05, 4.69) is 16.0 Å². The van der Waals surface area contributed by atoms with Crippen LogP contribution in [0.3, 0.4) is 0 Å². The van der Waals surface area contributed by atoms with Crippen molar-refractivity contribution in [3.63, 3.8) is 0 Å². The number of thiocarbonyl (C=S) groups is 1. The Labute approximate surface area is 170 Å². The Kier molecular flexibility index (Phi) is 9.02. The van der Waals surface area contributed by atoms with Crippen molar-refractivity contribution in [2.75, 3.05) is 17.8 Å². The lowest BCUT2D eigenvalue weighted by Crippen LogP contribution is -2.56. The summed E-state index contributed by atoms with van der Waals surface area (Å²) in [6.45, 7) is 2.02. The Balaban J connectivity index is 2.70. The summed E-state index contributed by atoms with van der Waals surface area (Å²) in [6, 6.07) is 6.40. The molecule has 0 radical (unpaired) electrons. The first-order chi connectivity index (χ1) is 11.7. The van der Waals surface area contributed by atoms with E-state index in [1.807, 2.05) is 0 Å². The molecule has 0 aliphatic heterocycles. The number of amides is 1. The number of ether oxygens (including phenoxy) is 1. The third kappa shape index (κ3) is 7.83. The molecule has 0 saturated heterocycles. The molecule has 3 N–H and O–H groups in total.